The van der Waals surface area contributed by atoms with Crippen molar-refractivity contribution in [2.45, 2.75) is 44.1 Å². The van der Waals surface area contributed by atoms with Gasteiger partial charge >= 0.3 is 0 Å². The summed E-state index contributed by atoms with van der Waals surface area (Å²) >= 11 is 0. The second-order valence-corrected chi connectivity index (χ2v) is 6.29. The van der Waals surface area contributed by atoms with Gasteiger partial charge in [-0.15, -0.1) is 24.0 Å². The van der Waals surface area contributed by atoms with Gasteiger partial charge in [-0.3, -0.25) is 4.99 Å². The first kappa shape index (κ1) is 21.1. The number of nitrogens with one attached hydrogen (secondary N) is 1. The van der Waals surface area contributed by atoms with Crippen LogP contribution in [-0.2, 0) is 10.2 Å². The van der Waals surface area contributed by atoms with E-state index >= 15 is 0 Å². The van der Waals surface area contributed by atoms with Crippen molar-refractivity contribution >= 4 is 29.9 Å². The van der Waals surface area contributed by atoms with Crippen molar-refractivity contribution < 1.29 is 13.5 Å². The molecule has 0 spiro atoms. The highest BCUT2D eigenvalue weighted by Crippen LogP contribution is 2.43. The highest BCUT2D eigenvalue weighted by atomic mass is 127. The Morgan fingerprint density at radius 2 is 1.92 bits per heavy atom. The predicted molar refractivity (Wildman–Crippen MR) is 103 cm³/mol. The maximum absolute atomic E-state index is 14.2. The lowest BCUT2D eigenvalue weighted by Gasteiger charge is -2.29. The SMILES string of the molecule is COCC(C)NC(N)=NCC1(c2c(F)cccc2F)CCCC1.I. The number of rotatable bonds is 6. The standard InChI is InChI=1S/C17H25F2N3O.HI/c1-12(10-23-2)22-16(20)21-11-17(8-3-4-9-17)15-13(18)6-5-7-14(15)19;/h5-7,12H,3-4,8-11H2,1-2H3,(H3,20,21,22);1H. The van der Waals surface area contributed by atoms with Crippen LogP contribution in [0.3, 0.4) is 0 Å². The summed E-state index contributed by atoms with van der Waals surface area (Å²) in [6.07, 6.45) is 3.32. The average Bonchev–Trinajstić information content (AvgIpc) is 2.95. The number of aliphatic imine (C=N–C) groups is 1. The molecule has 0 aromatic heterocycles. The van der Waals surface area contributed by atoms with Crippen LogP contribution in [0.1, 0.15) is 38.2 Å². The Kier molecular flexibility index (Phi) is 8.35. The van der Waals surface area contributed by atoms with Crippen LogP contribution < -0.4 is 11.1 Å². The molecule has 4 nitrogen and oxygen atoms in total. The fourth-order valence-corrected chi connectivity index (χ4v) is 3.37. The Hall–Kier alpha value is -0.960. The first-order valence-electron chi connectivity index (χ1n) is 7.98. The number of hydrogen-bond donors (Lipinski definition) is 2. The molecule has 0 radical (unpaired) electrons. The summed E-state index contributed by atoms with van der Waals surface area (Å²) in [4.78, 5) is 4.35. The van der Waals surface area contributed by atoms with Crippen molar-refractivity contribution in [1.29, 1.82) is 0 Å². The van der Waals surface area contributed by atoms with Gasteiger partial charge in [0.15, 0.2) is 5.96 Å². The summed E-state index contributed by atoms with van der Waals surface area (Å²) in [6.45, 7) is 2.71. The zero-order valence-corrected chi connectivity index (χ0v) is 16.5. The third-order valence-corrected chi connectivity index (χ3v) is 4.42. The van der Waals surface area contributed by atoms with Gasteiger partial charge in [-0.1, -0.05) is 18.9 Å². The molecule has 0 amide bonds. The molecule has 1 aliphatic rings. The van der Waals surface area contributed by atoms with Crippen LogP contribution in [0, 0.1) is 11.6 Å². The van der Waals surface area contributed by atoms with Crippen molar-refractivity contribution in [2.24, 2.45) is 10.7 Å². The van der Waals surface area contributed by atoms with Crippen LogP contribution in [0.2, 0.25) is 0 Å². The Balaban J connectivity index is 0.00000288. The first-order valence-corrected chi connectivity index (χ1v) is 7.98. The van der Waals surface area contributed by atoms with Crippen LogP contribution >= 0.6 is 24.0 Å². The molecule has 1 aromatic rings. The number of halogens is 3. The first-order chi connectivity index (χ1) is 11.0. The minimum Gasteiger partial charge on any atom is -0.383 e. The van der Waals surface area contributed by atoms with Gasteiger partial charge in [0.05, 0.1) is 13.2 Å². The van der Waals surface area contributed by atoms with Crippen molar-refractivity contribution in [3.8, 4) is 0 Å². The maximum Gasteiger partial charge on any atom is 0.188 e. The minimum atomic E-state index is -0.605. The molecule has 1 unspecified atom stereocenters. The largest absolute Gasteiger partial charge is 0.383 e. The summed E-state index contributed by atoms with van der Waals surface area (Å²) in [5.74, 6) is -0.722. The molecule has 24 heavy (non-hydrogen) atoms. The van der Waals surface area contributed by atoms with Gasteiger partial charge in [0, 0.05) is 24.1 Å². The lowest BCUT2D eigenvalue weighted by molar-refractivity contribution is 0.179. The molecule has 1 saturated carbocycles. The van der Waals surface area contributed by atoms with Crippen LogP contribution in [-0.4, -0.2) is 32.3 Å². The molecule has 1 fully saturated rings. The van der Waals surface area contributed by atoms with Crippen molar-refractivity contribution in [1.82, 2.24) is 5.32 Å². The molecule has 1 aliphatic carbocycles. The second kappa shape index (κ2) is 9.50. The third-order valence-electron chi connectivity index (χ3n) is 4.42. The molecular formula is C17H26F2IN3O. The van der Waals surface area contributed by atoms with E-state index in [0.29, 0.717) is 6.61 Å². The normalized spacial score (nSPS) is 18.1. The van der Waals surface area contributed by atoms with Crippen molar-refractivity contribution in [3.63, 3.8) is 0 Å². The van der Waals surface area contributed by atoms with Crippen LogP contribution in [0.15, 0.2) is 23.2 Å². The highest BCUT2D eigenvalue weighted by Gasteiger charge is 2.39. The number of nitrogens with zero attached hydrogens (tertiary/aromatic N) is 1. The molecule has 2 rings (SSSR count). The number of nitrogens with two attached hydrogens (primary N) is 1. The number of ether oxygens (including phenoxy) is 1. The Labute approximate surface area is 159 Å². The molecule has 136 valence electrons. The molecular weight excluding hydrogens is 427 g/mol. The van der Waals surface area contributed by atoms with Crippen LogP contribution in [0.25, 0.3) is 0 Å². The zero-order valence-electron chi connectivity index (χ0n) is 14.1. The smallest absolute Gasteiger partial charge is 0.188 e. The molecule has 1 aromatic carbocycles. The van der Waals surface area contributed by atoms with Crippen molar-refractivity contribution in [3.05, 3.63) is 35.4 Å². The van der Waals surface area contributed by atoms with E-state index in [9.17, 15) is 8.78 Å². The fourth-order valence-electron chi connectivity index (χ4n) is 3.37. The summed E-state index contributed by atoms with van der Waals surface area (Å²) in [5.41, 5.74) is 5.44. The quantitative estimate of drug-likeness (QED) is 0.395. The molecule has 0 heterocycles. The van der Waals surface area contributed by atoms with E-state index in [2.05, 4.69) is 10.3 Å². The highest BCUT2D eigenvalue weighted by molar-refractivity contribution is 14.0. The third kappa shape index (κ3) is 5.02. The number of hydrogen-bond acceptors (Lipinski definition) is 2. The van der Waals surface area contributed by atoms with Gasteiger partial charge < -0.3 is 15.8 Å². The average molecular weight is 453 g/mol. The van der Waals surface area contributed by atoms with E-state index in [4.69, 9.17) is 10.5 Å². The summed E-state index contributed by atoms with van der Waals surface area (Å²) in [7, 11) is 1.61. The molecule has 7 heteroatoms. The van der Waals surface area contributed by atoms with E-state index in [-0.39, 0.29) is 48.1 Å². The van der Waals surface area contributed by atoms with Crippen molar-refractivity contribution in [2.75, 3.05) is 20.3 Å². The van der Waals surface area contributed by atoms with Gasteiger partial charge in [0.25, 0.3) is 0 Å². The minimum absolute atomic E-state index is 0. The Morgan fingerprint density at radius 1 is 1.33 bits per heavy atom. The maximum atomic E-state index is 14.2. The van der Waals surface area contributed by atoms with E-state index in [1.807, 2.05) is 6.92 Å². The molecule has 0 bridgehead atoms. The molecule has 3 N–H and O–H groups in total. The van der Waals surface area contributed by atoms with Gasteiger partial charge in [-0.05, 0) is 31.9 Å². The Morgan fingerprint density at radius 3 is 2.46 bits per heavy atom. The van der Waals surface area contributed by atoms with Crippen LogP contribution in [0.5, 0.6) is 0 Å². The summed E-state index contributed by atoms with van der Waals surface area (Å²) in [6, 6.07) is 4.03. The number of benzene rings is 1. The lowest BCUT2D eigenvalue weighted by Crippen LogP contribution is -2.41. The summed E-state index contributed by atoms with van der Waals surface area (Å²) in [5, 5.41) is 3.02. The van der Waals surface area contributed by atoms with Gasteiger partial charge in [-0.25, -0.2) is 8.78 Å². The van der Waals surface area contributed by atoms with Crippen LogP contribution in [0.4, 0.5) is 8.78 Å². The monoisotopic (exact) mass is 453 g/mol. The predicted octanol–water partition coefficient (Wildman–Crippen LogP) is 3.33. The fraction of sp³-hybridized carbons (Fsp3) is 0.588. The van der Waals surface area contributed by atoms with Gasteiger partial charge in [0.2, 0.25) is 0 Å². The molecule has 0 aliphatic heterocycles. The van der Waals surface area contributed by atoms with Gasteiger partial charge in [0.1, 0.15) is 11.6 Å². The molecule has 1 atom stereocenters. The number of methoxy groups -OCH3 is 1. The second-order valence-electron chi connectivity index (χ2n) is 6.29. The topological polar surface area (TPSA) is 59.6 Å². The van der Waals surface area contributed by atoms with E-state index in [1.54, 1.807) is 7.11 Å². The number of guanidine groups is 1. The lowest BCUT2D eigenvalue weighted by atomic mass is 9.78. The van der Waals surface area contributed by atoms with E-state index in [0.717, 1.165) is 25.7 Å². The molecule has 0 saturated heterocycles. The van der Waals surface area contributed by atoms with E-state index < -0.39 is 17.0 Å². The van der Waals surface area contributed by atoms with Gasteiger partial charge in [-0.2, -0.15) is 0 Å². The zero-order chi connectivity index (χ0) is 16.9. The Bertz CT molecular complexity index is 543. The summed E-state index contributed by atoms with van der Waals surface area (Å²) < 4.78 is 33.5. The van der Waals surface area contributed by atoms with E-state index in [1.165, 1.54) is 18.2 Å².